The molecule has 5 heteroatoms. The Hall–Kier alpha value is -0.840. The van der Waals surface area contributed by atoms with Gasteiger partial charge in [-0.1, -0.05) is 0 Å². The van der Waals surface area contributed by atoms with Crippen LogP contribution in [-0.4, -0.2) is 18.0 Å². The van der Waals surface area contributed by atoms with Crippen molar-refractivity contribution in [3.05, 3.63) is 24.0 Å². The number of hydrogen-bond acceptors (Lipinski definition) is 4. The third-order valence-electron chi connectivity index (χ3n) is 2.20. The minimum Gasteiger partial charge on any atom is -0.495 e. The summed E-state index contributed by atoms with van der Waals surface area (Å²) in [4.78, 5) is 4.08. The maximum atomic E-state index is 5.64. The van der Waals surface area contributed by atoms with E-state index in [9.17, 15) is 0 Å². The van der Waals surface area contributed by atoms with Gasteiger partial charge in [-0.05, 0) is 24.5 Å². The van der Waals surface area contributed by atoms with Crippen LogP contribution < -0.4 is 16.0 Å². The van der Waals surface area contributed by atoms with Crippen LogP contribution in [-0.2, 0) is 0 Å². The standard InChI is InChI=1S/C10H16ClN3O/c1-15-9-5-8(6-13-7-9)10(14-12)3-2-4-11/h5-7,10,14H,2-4,12H2,1H3. The fourth-order valence-corrected chi connectivity index (χ4v) is 1.52. The molecule has 1 heterocycles. The highest BCUT2D eigenvalue weighted by molar-refractivity contribution is 6.17. The molecule has 0 aliphatic rings. The number of aromatic nitrogens is 1. The van der Waals surface area contributed by atoms with Crippen molar-refractivity contribution in [2.45, 2.75) is 18.9 Å². The van der Waals surface area contributed by atoms with Gasteiger partial charge in [0, 0.05) is 18.1 Å². The maximum absolute atomic E-state index is 5.64. The highest BCUT2D eigenvalue weighted by Crippen LogP contribution is 2.20. The van der Waals surface area contributed by atoms with Gasteiger partial charge in [0.1, 0.15) is 5.75 Å². The lowest BCUT2D eigenvalue weighted by atomic mass is 10.1. The monoisotopic (exact) mass is 229 g/mol. The lowest BCUT2D eigenvalue weighted by Gasteiger charge is -2.15. The number of nitrogens with two attached hydrogens (primary N) is 1. The Morgan fingerprint density at radius 1 is 1.60 bits per heavy atom. The van der Waals surface area contributed by atoms with E-state index in [1.165, 1.54) is 0 Å². The van der Waals surface area contributed by atoms with E-state index in [0.29, 0.717) is 5.88 Å². The third kappa shape index (κ3) is 3.66. The van der Waals surface area contributed by atoms with Gasteiger partial charge in [-0.3, -0.25) is 16.3 Å². The molecule has 0 saturated heterocycles. The van der Waals surface area contributed by atoms with Gasteiger partial charge in [-0.15, -0.1) is 11.6 Å². The summed E-state index contributed by atoms with van der Waals surface area (Å²) in [6.07, 6.45) is 5.24. The van der Waals surface area contributed by atoms with Crippen molar-refractivity contribution in [3.63, 3.8) is 0 Å². The topological polar surface area (TPSA) is 60.2 Å². The second-order valence-corrected chi connectivity index (χ2v) is 3.59. The van der Waals surface area contributed by atoms with Gasteiger partial charge in [0.2, 0.25) is 0 Å². The molecular formula is C10H16ClN3O. The largest absolute Gasteiger partial charge is 0.495 e. The van der Waals surface area contributed by atoms with Crippen molar-refractivity contribution in [1.82, 2.24) is 10.4 Å². The van der Waals surface area contributed by atoms with Crippen molar-refractivity contribution in [2.24, 2.45) is 5.84 Å². The van der Waals surface area contributed by atoms with Crippen LogP contribution in [0.3, 0.4) is 0 Å². The SMILES string of the molecule is COc1cncc(C(CCCCl)NN)c1. The second-order valence-electron chi connectivity index (χ2n) is 3.21. The van der Waals surface area contributed by atoms with Gasteiger partial charge >= 0.3 is 0 Å². The van der Waals surface area contributed by atoms with Crippen LogP contribution in [0.2, 0.25) is 0 Å². The van der Waals surface area contributed by atoms with Crippen molar-refractivity contribution < 1.29 is 4.74 Å². The molecule has 0 saturated carbocycles. The molecule has 15 heavy (non-hydrogen) atoms. The lowest BCUT2D eigenvalue weighted by Crippen LogP contribution is -2.28. The molecule has 0 aliphatic carbocycles. The summed E-state index contributed by atoms with van der Waals surface area (Å²) < 4.78 is 5.10. The first kappa shape index (κ1) is 12.2. The fraction of sp³-hybridized carbons (Fsp3) is 0.500. The van der Waals surface area contributed by atoms with Gasteiger partial charge in [-0.25, -0.2) is 0 Å². The maximum Gasteiger partial charge on any atom is 0.137 e. The number of hydrogen-bond donors (Lipinski definition) is 2. The minimum absolute atomic E-state index is 0.0753. The number of nitrogens with zero attached hydrogens (tertiary/aromatic N) is 1. The smallest absolute Gasteiger partial charge is 0.137 e. The zero-order chi connectivity index (χ0) is 11.1. The quantitative estimate of drug-likeness (QED) is 0.442. The zero-order valence-electron chi connectivity index (χ0n) is 8.74. The first-order valence-electron chi connectivity index (χ1n) is 4.83. The Kier molecular flexibility index (Phi) is 5.39. The number of ether oxygens (including phenoxy) is 1. The van der Waals surface area contributed by atoms with Gasteiger partial charge in [0.25, 0.3) is 0 Å². The number of methoxy groups -OCH3 is 1. The average molecular weight is 230 g/mol. The number of pyridine rings is 1. The second kappa shape index (κ2) is 6.61. The van der Waals surface area contributed by atoms with Gasteiger partial charge in [-0.2, -0.15) is 0 Å². The molecule has 84 valence electrons. The predicted octanol–water partition coefficient (Wildman–Crippen LogP) is 1.61. The van der Waals surface area contributed by atoms with Crippen molar-refractivity contribution in [3.8, 4) is 5.75 Å². The van der Waals surface area contributed by atoms with Crippen LogP contribution in [0.5, 0.6) is 5.75 Å². The molecule has 1 unspecified atom stereocenters. The van der Waals surface area contributed by atoms with Gasteiger partial charge in [0.15, 0.2) is 0 Å². The van der Waals surface area contributed by atoms with E-state index in [4.69, 9.17) is 22.2 Å². The van der Waals surface area contributed by atoms with E-state index in [0.717, 1.165) is 24.2 Å². The van der Waals surface area contributed by atoms with E-state index in [1.54, 1.807) is 19.5 Å². The molecule has 1 atom stereocenters. The number of nitrogens with one attached hydrogen (secondary N) is 1. The molecule has 1 aromatic heterocycles. The zero-order valence-corrected chi connectivity index (χ0v) is 9.50. The molecule has 0 bridgehead atoms. The van der Waals surface area contributed by atoms with E-state index in [-0.39, 0.29) is 6.04 Å². The highest BCUT2D eigenvalue weighted by Gasteiger charge is 2.10. The molecule has 0 radical (unpaired) electrons. The first-order valence-corrected chi connectivity index (χ1v) is 5.36. The average Bonchev–Trinajstić information content (AvgIpc) is 2.30. The summed E-state index contributed by atoms with van der Waals surface area (Å²) in [5.41, 5.74) is 3.77. The number of halogens is 1. The van der Waals surface area contributed by atoms with Crippen LogP contribution in [0.25, 0.3) is 0 Å². The molecule has 0 amide bonds. The summed E-state index contributed by atoms with van der Waals surface area (Å²) in [7, 11) is 1.62. The molecule has 0 spiro atoms. The van der Waals surface area contributed by atoms with Crippen LogP contribution in [0.15, 0.2) is 18.5 Å². The van der Waals surface area contributed by atoms with Crippen LogP contribution in [0.4, 0.5) is 0 Å². The number of hydrazine groups is 1. The molecule has 0 aromatic carbocycles. The Labute approximate surface area is 94.8 Å². The molecule has 4 nitrogen and oxygen atoms in total. The molecule has 0 aliphatic heterocycles. The Morgan fingerprint density at radius 3 is 3.00 bits per heavy atom. The van der Waals surface area contributed by atoms with Crippen LogP contribution in [0, 0.1) is 0 Å². The van der Waals surface area contributed by atoms with Crippen LogP contribution >= 0.6 is 11.6 Å². The van der Waals surface area contributed by atoms with Crippen molar-refractivity contribution in [1.29, 1.82) is 0 Å². The summed E-state index contributed by atoms with van der Waals surface area (Å²) in [5.74, 6) is 6.84. The fourth-order valence-electron chi connectivity index (χ4n) is 1.37. The summed E-state index contributed by atoms with van der Waals surface area (Å²) in [5, 5.41) is 0. The Morgan fingerprint density at radius 2 is 2.40 bits per heavy atom. The number of alkyl halides is 1. The third-order valence-corrected chi connectivity index (χ3v) is 2.47. The van der Waals surface area contributed by atoms with Crippen LogP contribution in [0.1, 0.15) is 24.4 Å². The molecule has 1 rings (SSSR count). The van der Waals surface area contributed by atoms with E-state index in [2.05, 4.69) is 10.4 Å². The van der Waals surface area contributed by atoms with Crippen molar-refractivity contribution >= 4 is 11.6 Å². The normalized spacial score (nSPS) is 12.5. The predicted molar refractivity (Wildman–Crippen MR) is 60.8 cm³/mol. The van der Waals surface area contributed by atoms with E-state index >= 15 is 0 Å². The summed E-state index contributed by atoms with van der Waals surface area (Å²) in [6.45, 7) is 0. The molecular weight excluding hydrogens is 214 g/mol. The van der Waals surface area contributed by atoms with Crippen molar-refractivity contribution in [2.75, 3.05) is 13.0 Å². The lowest BCUT2D eigenvalue weighted by molar-refractivity contribution is 0.410. The summed E-state index contributed by atoms with van der Waals surface area (Å²) in [6, 6.07) is 2.00. The van der Waals surface area contributed by atoms with Gasteiger partial charge in [0.05, 0.1) is 13.3 Å². The van der Waals surface area contributed by atoms with E-state index in [1.807, 2.05) is 6.07 Å². The summed E-state index contributed by atoms with van der Waals surface area (Å²) >= 11 is 5.64. The number of rotatable bonds is 6. The Bertz CT molecular complexity index is 296. The first-order chi connectivity index (χ1) is 7.31. The highest BCUT2D eigenvalue weighted by atomic mass is 35.5. The Balaban J connectivity index is 2.72. The molecule has 0 fully saturated rings. The minimum atomic E-state index is 0.0753. The van der Waals surface area contributed by atoms with E-state index < -0.39 is 0 Å². The molecule has 3 N–H and O–H groups in total. The van der Waals surface area contributed by atoms with Gasteiger partial charge < -0.3 is 4.74 Å². The molecule has 1 aromatic rings.